The predicted molar refractivity (Wildman–Crippen MR) is 114 cm³/mol. The molecule has 4 aromatic rings. The molecule has 0 aliphatic heterocycles. The molecule has 0 saturated carbocycles. The van der Waals surface area contributed by atoms with Crippen LogP contribution in [0.25, 0.3) is 10.8 Å². The molecule has 1 amide bonds. The minimum Gasteiger partial charge on any atom is -0.483 e. The van der Waals surface area contributed by atoms with E-state index in [1.165, 1.54) is 0 Å². The zero-order valence-electron chi connectivity index (χ0n) is 15.7. The van der Waals surface area contributed by atoms with Gasteiger partial charge in [-0.15, -0.1) is 0 Å². The van der Waals surface area contributed by atoms with Gasteiger partial charge in [0.15, 0.2) is 12.4 Å². The number of rotatable bonds is 6. The SMILES string of the molecule is O=C(COc1cccc2ccccc12)Nc1ccccc1C(=O)c1ccccc1. The van der Waals surface area contributed by atoms with E-state index in [1.54, 1.807) is 36.4 Å². The van der Waals surface area contributed by atoms with E-state index < -0.39 is 0 Å². The molecule has 0 heterocycles. The molecule has 0 atom stereocenters. The number of fused-ring (bicyclic) bond motifs is 1. The molecule has 0 bridgehead atoms. The van der Waals surface area contributed by atoms with E-state index >= 15 is 0 Å². The van der Waals surface area contributed by atoms with Crippen molar-refractivity contribution in [3.8, 4) is 5.75 Å². The molecule has 0 aliphatic rings. The summed E-state index contributed by atoms with van der Waals surface area (Å²) in [6, 6.07) is 29.5. The average Bonchev–Trinajstić information content (AvgIpc) is 2.78. The van der Waals surface area contributed by atoms with E-state index in [0.717, 1.165) is 10.8 Å². The van der Waals surface area contributed by atoms with Gasteiger partial charge in [0, 0.05) is 16.5 Å². The van der Waals surface area contributed by atoms with Crippen molar-refractivity contribution >= 4 is 28.2 Å². The highest BCUT2D eigenvalue weighted by Crippen LogP contribution is 2.25. The van der Waals surface area contributed by atoms with Crippen LogP contribution in [-0.4, -0.2) is 18.3 Å². The first-order chi connectivity index (χ1) is 14.2. The molecule has 0 aromatic heterocycles. The Labute approximate surface area is 168 Å². The summed E-state index contributed by atoms with van der Waals surface area (Å²) in [6.07, 6.45) is 0. The number of hydrogen-bond donors (Lipinski definition) is 1. The molecule has 0 saturated heterocycles. The smallest absolute Gasteiger partial charge is 0.262 e. The van der Waals surface area contributed by atoms with E-state index in [0.29, 0.717) is 22.6 Å². The number of carbonyl (C=O) groups is 2. The molecule has 4 heteroatoms. The van der Waals surface area contributed by atoms with Gasteiger partial charge in [-0.2, -0.15) is 0 Å². The summed E-state index contributed by atoms with van der Waals surface area (Å²) in [5.41, 5.74) is 1.48. The third-order valence-electron chi connectivity index (χ3n) is 4.59. The normalized spacial score (nSPS) is 10.5. The van der Waals surface area contributed by atoms with Crippen LogP contribution in [0.2, 0.25) is 0 Å². The van der Waals surface area contributed by atoms with Crippen molar-refractivity contribution in [2.75, 3.05) is 11.9 Å². The highest BCUT2D eigenvalue weighted by molar-refractivity contribution is 6.13. The lowest BCUT2D eigenvalue weighted by atomic mass is 10.0. The van der Waals surface area contributed by atoms with E-state index in [2.05, 4.69) is 5.32 Å². The van der Waals surface area contributed by atoms with Crippen LogP contribution in [0.15, 0.2) is 97.1 Å². The molecular formula is C25H19NO3. The van der Waals surface area contributed by atoms with Crippen LogP contribution in [0, 0.1) is 0 Å². The molecular weight excluding hydrogens is 362 g/mol. The van der Waals surface area contributed by atoms with Crippen molar-refractivity contribution in [2.24, 2.45) is 0 Å². The number of carbonyl (C=O) groups excluding carboxylic acids is 2. The summed E-state index contributed by atoms with van der Waals surface area (Å²) >= 11 is 0. The number of ketones is 1. The number of anilines is 1. The number of para-hydroxylation sites is 1. The molecule has 0 fully saturated rings. The highest BCUT2D eigenvalue weighted by atomic mass is 16.5. The molecule has 0 unspecified atom stereocenters. The molecule has 0 spiro atoms. The Bertz CT molecular complexity index is 1160. The number of amides is 1. The second-order valence-electron chi connectivity index (χ2n) is 6.55. The topological polar surface area (TPSA) is 55.4 Å². The summed E-state index contributed by atoms with van der Waals surface area (Å²) in [5, 5.41) is 4.79. The van der Waals surface area contributed by atoms with Gasteiger partial charge in [-0.1, -0.05) is 78.9 Å². The Morgan fingerprint density at radius 2 is 1.41 bits per heavy atom. The zero-order chi connectivity index (χ0) is 20.1. The highest BCUT2D eigenvalue weighted by Gasteiger charge is 2.15. The summed E-state index contributed by atoms with van der Waals surface area (Å²) in [6.45, 7) is -0.151. The van der Waals surface area contributed by atoms with Crippen LogP contribution >= 0.6 is 0 Å². The van der Waals surface area contributed by atoms with Crippen LogP contribution in [-0.2, 0) is 4.79 Å². The number of hydrogen-bond acceptors (Lipinski definition) is 3. The van der Waals surface area contributed by atoms with Crippen molar-refractivity contribution in [1.82, 2.24) is 0 Å². The van der Waals surface area contributed by atoms with E-state index in [9.17, 15) is 9.59 Å². The number of benzene rings is 4. The monoisotopic (exact) mass is 381 g/mol. The molecule has 4 rings (SSSR count). The molecule has 4 aromatic carbocycles. The van der Waals surface area contributed by atoms with Crippen molar-refractivity contribution < 1.29 is 14.3 Å². The predicted octanol–water partition coefficient (Wildman–Crippen LogP) is 5.09. The fourth-order valence-corrected chi connectivity index (χ4v) is 3.19. The standard InChI is InChI=1S/C25H19NO3/c27-24(17-29-23-16-8-12-18-9-4-5-13-20(18)23)26-22-15-7-6-14-21(22)25(28)19-10-2-1-3-11-19/h1-16H,17H2,(H,26,27). The Morgan fingerprint density at radius 3 is 2.28 bits per heavy atom. The van der Waals surface area contributed by atoms with Crippen molar-refractivity contribution in [3.05, 3.63) is 108 Å². The first-order valence-electron chi connectivity index (χ1n) is 9.31. The molecule has 0 aliphatic carbocycles. The maximum absolute atomic E-state index is 12.8. The van der Waals surface area contributed by atoms with Gasteiger partial charge in [-0.3, -0.25) is 9.59 Å². The van der Waals surface area contributed by atoms with Gasteiger partial charge >= 0.3 is 0 Å². The lowest BCUT2D eigenvalue weighted by molar-refractivity contribution is -0.118. The molecule has 0 radical (unpaired) electrons. The summed E-state index contributed by atoms with van der Waals surface area (Å²) in [4.78, 5) is 25.3. The maximum Gasteiger partial charge on any atom is 0.262 e. The number of nitrogens with one attached hydrogen (secondary N) is 1. The average molecular weight is 381 g/mol. The third kappa shape index (κ3) is 4.17. The minimum atomic E-state index is -0.328. The quantitative estimate of drug-likeness (QED) is 0.474. The molecule has 29 heavy (non-hydrogen) atoms. The third-order valence-corrected chi connectivity index (χ3v) is 4.59. The van der Waals surface area contributed by atoms with Gasteiger partial charge in [0.25, 0.3) is 5.91 Å². The van der Waals surface area contributed by atoms with Gasteiger partial charge in [0.1, 0.15) is 5.75 Å². The summed E-state index contributed by atoms with van der Waals surface area (Å²) in [5.74, 6) is 0.176. The van der Waals surface area contributed by atoms with Gasteiger partial charge in [-0.25, -0.2) is 0 Å². The summed E-state index contributed by atoms with van der Waals surface area (Å²) in [7, 11) is 0. The second-order valence-corrected chi connectivity index (χ2v) is 6.55. The maximum atomic E-state index is 12.8. The van der Waals surface area contributed by atoms with Crippen LogP contribution < -0.4 is 10.1 Å². The van der Waals surface area contributed by atoms with Crippen LogP contribution in [0.5, 0.6) is 5.75 Å². The van der Waals surface area contributed by atoms with Gasteiger partial charge in [0.05, 0.1) is 5.69 Å². The minimum absolute atomic E-state index is 0.142. The number of ether oxygens (including phenoxy) is 1. The summed E-state index contributed by atoms with van der Waals surface area (Å²) < 4.78 is 5.74. The fourth-order valence-electron chi connectivity index (χ4n) is 3.19. The van der Waals surface area contributed by atoms with E-state index in [-0.39, 0.29) is 18.3 Å². The van der Waals surface area contributed by atoms with Crippen LogP contribution in [0.3, 0.4) is 0 Å². The van der Waals surface area contributed by atoms with Crippen LogP contribution in [0.1, 0.15) is 15.9 Å². The largest absolute Gasteiger partial charge is 0.483 e. The van der Waals surface area contributed by atoms with Crippen molar-refractivity contribution in [2.45, 2.75) is 0 Å². The first kappa shape index (κ1) is 18.4. The Morgan fingerprint density at radius 1 is 0.724 bits per heavy atom. The van der Waals surface area contributed by atoms with Gasteiger partial charge < -0.3 is 10.1 Å². The van der Waals surface area contributed by atoms with Gasteiger partial charge in [0.2, 0.25) is 0 Å². The zero-order valence-corrected chi connectivity index (χ0v) is 15.7. The Hall–Kier alpha value is -3.92. The Balaban J connectivity index is 1.48. The van der Waals surface area contributed by atoms with E-state index in [4.69, 9.17) is 4.74 Å². The Kier molecular flexibility index (Phi) is 5.34. The second kappa shape index (κ2) is 8.40. The molecule has 4 nitrogen and oxygen atoms in total. The van der Waals surface area contributed by atoms with Crippen molar-refractivity contribution in [3.63, 3.8) is 0 Å². The molecule has 1 N–H and O–H groups in total. The van der Waals surface area contributed by atoms with Crippen LogP contribution in [0.4, 0.5) is 5.69 Å². The van der Waals surface area contributed by atoms with Gasteiger partial charge in [-0.05, 0) is 23.6 Å². The van der Waals surface area contributed by atoms with Crippen molar-refractivity contribution in [1.29, 1.82) is 0 Å². The molecule has 142 valence electrons. The lowest BCUT2D eigenvalue weighted by Crippen LogP contribution is -2.21. The fraction of sp³-hybridized carbons (Fsp3) is 0.0400. The lowest BCUT2D eigenvalue weighted by Gasteiger charge is -2.12. The van der Waals surface area contributed by atoms with E-state index in [1.807, 2.05) is 60.7 Å². The first-order valence-corrected chi connectivity index (χ1v) is 9.31.